The van der Waals surface area contributed by atoms with E-state index in [-0.39, 0.29) is 45.0 Å². The lowest BCUT2D eigenvalue weighted by Gasteiger charge is -2.12. The van der Waals surface area contributed by atoms with Gasteiger partial charge in [-0.3, -0.25) is 9.59 Å². The predicted molar refractivity (Wildman–Crippen MR) is 107 cm³/mol. The van der Waals surface area contributed by atoms with E-state index in [4.69, 9.17) is 33.7 Å². The quantitative estimate of drug-likeness (QED) is 0.593. The molecule has 0 aliphatic heterocycles. The second-order valence-corrected chi connectivity index (χ2v) is 6.70. The van der Waals surface area contributed by atoms with Gasteiger partial charge in [0.05, 0.1) is 10.7 Å². The third kappa shape index (κ3) is 4.64. The van der Waals surface area contributed by atoms with Crippen LogP contribution in [0.15, 0.2) is 41.3 Å². The number of carbonyl (C=O) groups is 1. The zero-order chi connectivity index (χ0) is 21.1. The fourth-order valence-electron chi connectivity index (χ4n) is 2.32. The lowest BCUT2D eigenvalue weighted by atomic mass is 10.2. The van der Waals surface area contributed by atoms with Crippen LogP contribution in [0.25, 0.3) is 0 Å². The minimum atomic E-state index is -0.646. The van der Waals surface area contributed by atoms with Crippen molar-refractivity contribution >= 4 is 40.6 Å². The smallest absolute Gasteiger partial charge is 0.276 e. The van der Waals surface area contributed by atoms with Crippen molar-refractivity contribution in [3.8, 4) is 5.75 Å². The summed E-state index contributed by atoms with van der Waals surface area (Å²) in [4.78, 5) is 23.8. The highest BCUT2D eigenvalue weighted by atomic mass is 35.5. The van der Waals surface area contributed by atoms with Gasteiger partial charge in [-0.05, 0) is 18.2 Å². The SMILES string of the molecule is Cn1cc(NC(=O)c2cc(OCc3c(Cl)ccc(F)c3Cl)c(N)nn2)ccc1=O. The molecule has 3 aromatic rings. The standard InChI is InChI=1S/C18H14Cl2FN5O3/c1-26-7-9(2-5-15(26)27)23-18(28)13-6-14(17(22)25-24-13)29-8-10-11(19)3-4-12(21)16(10)20/h2-7H,8H2,1H3,(H2,22,25)(H,23,28). The van der Waals surface area contributed by atoms with E-state index < -0.39 is 11.7 Å². The van der Waals surface area contributed by atoms with Gasteiger partial charge in [0.25, 0.3) is 5.91 Å². The first-order valence-electron chi connectivity index (χ1n) is 8.12. The summed E-state index contributed by atoms with van der Waals surface area (Å²) in [6.07, 6.45) is 1.45. The lowest BCUT2D eigenvalue weighted by molar-refractivity contribution is 0.102. The summed E-state index contributed by atoms with van der Waals surface area (Å²) in [5.74, 6) is -1.27. The van der Waals surface area contributed by atoms with Crippen LogP contribution in [0.1, 0.15) is 16.1 Å². The van der Waals surface area contributed by atoms with Gasteiger partial charge in [-0.15, -0.1) is 10.2 Å². The highest BCUT2D eigenvalue weighted by Gasteiger charge is 2.16. The Balaban J connectivity index is 1.79. The zero-order valence-corrected chi connectivity index (χ0v) is 16.5. The molecule has 0 radical (unpaired) electrons. The molecule has 3 rings (SSSR count). The third-order valence-electron chi connectivity index (χ3n) is 3.87. The van der Waals surface area contributed by atoms with Gasteiger partial charge in [-0.25, -0.2) is 4.39 Å². The zero-order valence-electron chi connectivity index (χ0n) is 14.9. The molecule has 11 heteroatoms. The van der Waals surface area contributed by atoms with Gasteiger partial charge in [0.2, 0.25) is 5.56 Å². The maximum atomic E-state index is 13.6. The Hall–Kier alpha value is -3.17. The van der Waals surface area contributed by atoms with Crippen LogP contribution in [-0.4, -0.2) is 20.7 Å². The number of ether oxygens (including phenoxy) is 1. The largest absolute Gasteiger partial charge is 0.485 e. The molecule has 0 aliphatic carbocycles. The fraction of sp³-hybridized carbons (Fsp3) is 0.111. The van der Waals surface area contributed by atoms with E-state index in [1.54, 1.807) is 7.05 Å². The number of hydrogen-bond acceptors (Lipinski definition) is 6. The first kappa shape index (κ1) is 20.6. The second kappa shape index (κ2) is 8.46. The molecule has 0 spiro atoms. The number of amides is 1. The van der Waals surface area contributed by atoms with Gasteiger partial charge in [-0.2, -0.15) is 0 Å². The number of nitrogens with two attached hydrogens (primary N) is 1. The Bertz CT molecular complexity index is 1150. The van der Waals surface area contributed by atoms with E-state index in [1.165, 1.54) is 35.0 Å². The van der Waals surface area contributed by atoms with Crippen molar-refractivity contribution in [2.45, 2.75) is 6.61 Å². The molecule has 0 saturated carbocycles. The number of hydrogen-bond donors (Lipinski definition) is 2. The van der Waals surface area contributed by atoms with Crippen LogP contribution in [0.3, 0.4) is 0 Å². The molecule has 2 aromatic heterocycles. The molecule has 0 fully saturated rings. The lowest BCUT2D eigenvalue weighted by Crippen LogP contribution is -2.19. The average Bonchev–Trinajstić information content (AvgIpc) is 2.69. The number of halogens is 3. The Kier molecular flexibility index (Phi) is 6.00. The minimum absolute atomic E-state index is 0.0435. The topological polar surface area (TPSA) is 112 Å². The van der Waals surface area contributed by atoms with Gasteiger partial charge in [0.1, 0.15) is 12.4 Å². The number of anilines is 2. The Labute approximate surface area is 174 Å². The van der Waals surface area contributed by atoms with E-state index in [0.717, 1.165) is 6.07 Å². The first-order chi connectivity index (χ1) is 13.8. The van der Waals surface area contributed by atoms with Crippen LogP contribution in [-0.2, 0) is 13.7 Å². The highest BCUT2D eigenvalue weighted by Crippen LogP contribution is 2.29. The molecule has 3 N–H and O–H groups in total. The molecule has 0 atom stereocenters. The van der Waals surface area contributed by atoms with Gasteiger partial charge >= 0.3 is 0 Å². The number of benzene rings is 1. The van der Waals surface area contributed by atoms with Crippen molar-refractivity contribution < 1.29 is 13.9 Å². The summed E-state index contributed by atoms with van der Waals surface area (Å²) in [6, 6.07) is 6.53. The van der Waals surface area contributed by atoms with Gasteiger partial charge in [-0.1, -0.05) is 23.2 Å². The molecule has 0 saturated heterocycles. The van der Waals surface area contributed by atoms with E-state index in [9.17, 15) is 14.0 Å². The number of rotatable bonds is 5. The third-order valence-corrected chi connectivity index (χ3v) is 4.64. The molecule has 1 aromatic carbocycles. The maximum absolute atomic E-state index is 13.6. The molecule has 0 unspecified atom stereocenters. The summed E-state index contributed by atoms with van der Waals surface area (Å²) < 4.78 is 20.5. The summed E-state index contributed by atoms with van der Waals surface area (Å²) in [5, 5.41) is 10.0. The normalized spacial score (nSPS) is 10.6. The summed E-state index contributed by atoms with van der Waals surface area (Å²) >= 11 is 11.9. The van der Waals surface area contributed by atoms with Crippen LogP contribution >= 0.6 is 23.2 Å². The summed E-state index contributed by atoms with van der Waals surface area (Å²) in [6.45, 7) is -0.201. The monoisotopic (exact) mass is 437 g/mol. The van der Waals surface area contributed by atoms with Crippen LogP contribution in [0.2, 0.25) is 10.0 Å². The molecule has 0 bridgehead atoms. The average molecular weight is 438 g/mol. The van der Waals surface area contributed by atoms with Crippen LogP contribution in [0.4, 0.5) is 15.9 Å². The minimum Gasteiger partial charge on any atom is -0.485 e. The van der Waals surface area contributed by atoms with Crippen molar-refractivity contribution in [3.05, 3.63) is 74.0 Å². The van der Waals surface area contributed by atoms with Crippen molar-refractivity contribution in [1.82, 2.24) is 14.8 Å². The number of nitrogen functional groups attached to an aromatic ring is 1. The molecule has 2 heterocycles. The number of aromatic nitrogens is 3. The van der Waals surface area contributed by atoms with Crippen molar-refractivity contribution in [2.75, 3.05) is 11.1 Å². The van der Waals surface area contributed by atoms with Crippen molar-refractivity contribution in [1.29, 1.82) is 0 Å². The summed E-state index contributed by atoms with van der Waals surface area (Å²) in [7, 11) is 1.55. The van der Waals surface area contributed by atoms with E-state index in [2.05, 4.69) is 15.5 Å². The fourth-order valence-corrected chi connectivity index (χ4v) is 2.80. The molecule has 0 aliphatic rings. The number of pyridine rings is 1. The number of nitrogens with one attached hydrogen (secondary N) is 1. The number of nitrogens with zero attached hydrogens (tertiary/aromatic N) is 3. The van der Waals surface area contributed by atoms with Gasteiger partial charge < -0.3 is 20.4 Å². The molecule has 1 amide bonds. The van der Waals surface area contributed by atoms with Crippen LogP contribution in [0, 0.1) is 5.82 Å². The Morgan fingerprint density at radius 1 is 1.28 bits per heavy atom. The number of aryl methyl sites for hydroxylation is 1. The Morgan fingerprint density at radius 3 is 2.76 bits per heavy atom. The molecule has 150 valence electrons. The second-order valence-electron chi connectivity index (χ2n) is 5.91. The predicted octanol–water partition coefficient (Wildman–Crippen LogP) is 3.03. The molecular weight excluding hydrogens is 424 g/mol. The summed E-state index contributed by atoms with van der Waals surface area (Å²) in [5.41, 5.74) is 6.04. The van der Waals surface area contributed by atoms with Crippen LogP contribution in [0.5, 0.6) is 5.75 Å². The first-order valence-corrected chi connectivity index (χ1v) is 8.88. The molecule has 29 heavy (non-hydrogen) atoms. The van der Waals surface area contributed by atoms with E-state index in [1.807, 2.05) is 0 Å². The highest BCUT2D eigenvalue weighted by molar-refractivity contribution is 6.36. The van der Waals surface area contributed by atoms with Gasteiger partial charge in [0, 0.05) is 36.0 Å². The van der Waals surface area contributed by atoms with E-state index >= 15 is 0 Å². The molecular formula is C18H14Cl2FN5O3. The van der Waals surface area contributed by atoms with Crippen molar-refractivity contribution in [2.24, 2.45) is 7.05 Å². The maximum Gasteiger partial charge on any atom is 0.276 e. The van der Waals surface area contributed by atoms with Crippen LogP contribution < -0.4 is 21.3 Å². The number of carbonyl (C=O) groups excluding carboxylic acids is 1. The molecule has 8 nitrogen and oxygen atoms in total. The van der Waals surface area contributed by atoms with Crippen molar-refractivity contribution in [3.63, 3.8) is 0 Å². The van der Waals surface area contributed by atoms with Gasteiger partial charge in [0.15, 0.2) is 17.3 Å². The Morgan fingerprint density at radius 2 is 2.03 bits per heavy atom. The van der Waals surface area contributed by atoms with E-state index in [0.29, 0.717) is 5.69 Å².